The van der Waals surface area contributed by atoms with Crippen LogP contribution in [-0.4, -0.2) is 82.3 Å². The van der Waals surface area contributed by atoms with Gasteiger partial charge in [0, 0.05) is 65.4 Å². The number of rotatable bonds is 13. The minimum atomic E-state index is -0.577. The maximum Gasteiger partial charge on any atom is 0.257 e. The molecule has 1 N–H and O–H groups in total. The fraction of sp³-hybridized carbons (Fsp3) is 0.513. The van der Waals surface area contributed by atoms with E-state index in [9.17, 15) is 9.18 Å². The predicted octanol–water partition coefficient (Wildman–Crippen LogP) is 6.48. The number of nitrogens with zero attached hydrogens (tertiary/aromatic N) is 5. The van der Waals surface area contributed by atoms with E-state index in [4.69, 9.17) is 23.7 Å². The lowest BCUT2D eigenvalue weighted by atomic mass is 9.91. The Bertz CT molecular complexity index is 2030. The molecule has 51 heavy (non-hydrogen) atoms. The number of hydrogen-bond acceptors (Lipinski definition) is 9. The molecule has 2 aliphatic rings. The van der Waals surface area contributed by atoms with E-state index in [0.717, 1.165) is 97.3 Å². The number of hydrogen-bond donors (Lipinski definition) is 1. The Labute approximate surface area is 297 Å². The highest BCUT2D eigenvalue weighted by Crippen LogP contribution is 2.34. The van der Waals surface area contributed by atoms with Crippen LogP contribution >= 0.6 is 0 Å². The second-order valence-electron chi connectivity index (χ2n) is 14.3. The lowest BCUT2D eigenvalue weighted by Crippen LogP contribution is -2.38. The number of aryl methyl sites for hydroxylation is 1. The van der Waals surface area contributed by atoms with Crippen molar-refractivity contribution in [2.24, 2.45) is 0 Å². The first kappa shape index (κ1) is 35.3. The number of aromatic amines is 1. The minimum absolute atomic E-state index is 0.0249. The maximum absolute atomic E-state index is 13.8. The van der Waals surface area contributed by atoms with Gasteiger partial charge in [-0.15, -0.1) is 0 Å². The number of likely N-dealkylation sites (N-methyl/N-ethyl adjacent to an activating group) is 1. The summed E-state index contributed by atoms with van der Waals surface area (Å²) in [5.41, 5.74) is 5.19. The molecule has 5 aromatic rings. The van der Waals surface area contributed by atoms with Crippen LogP contribution in [0, 0.1) is 12.7 Å². The van der Waals surface area contributed by atoms with E-state index >= 15 is 0 Å². The van der Waals surface area contributed by atoms with E-state index in [0.29, 0.717) is 24.4 Å². The van der Waals surface area contributed by atoms with Crippen LogP contribution in [0.1, 0.15) is 79.9 Å². The predicted molar refractivity (Wildman–Crippen MR) is 194 cm³/mol. The molecule has 3 aromatic heterocycles. The van der Waals surface area contributed by atoms with Gasteiger partial charge in [0.25, 0.3) is 5.56 Å². The van der Waals surface area contributed by atoms with Crippen LogP contribution in [0.15, 0.2) is 51.9 Å². The van der Waals surface area contributed by atoms with Crippen LogP contribution in [-0.2, 0) is 28.9 Å². The standard InChI is InChI=1S/C39H49FN6O5/c1-24-30(16-21-45-19-14-27(15-20-45)37-31-12-11-29(40)22-35(31)51-43-37)39(47)46-17-7-10-34(38(46)42-24)50-26(3)48-25(2)49-33-9-6-8-32-36(33)28(23-41-32)13-18-44(4)5/h6,8-9,11-12,22-23,25-27,34,41H,7,10,13-21H2,1-5H3. The third kappa shape index (κ3) is 7.74. The monoisotopic (exact) mass is 700 g/mol. The molecular formula is C39H49FN6O5. The number of piperidine rings is 1. The Morgan fingerprint density at radius 2 is 1.90 bits per heavy atom. The van der Waals surface area contributed by atoms with Gasteiger partial charge in [0.2, 0.25) is 0 Å². The third-order valence-corrected chi connectivity index (χ3v) is 10.4. The molecule has 0 amide bonds. The van der Waals surface area contributed by atoms with Gasteiger partial charge in [-0.1, -0.05) is 11.2 Å². The van der Waals surface area contributed by atoms with Crippen molar-refractivity contribution >= 4 is 21.9 Å². The van der Waals surface area contributed by atoms with Crippen LogP contribution in [0.3, 0.4) is 0 Å². The summed E-state index contributed by atoms with van der Waals surface area (Å²) >= 11 is 0. The van der Waals surface area contributed by atoms with E-state index in [1.54, 1.807) is 10.6 Å². The quantitative estimate of drug-likeness (QED) is 0.138. The van der Waals surface area contributed by atoms with Crippen molar-refractivity contribution in [2.45, 2.75) is 90.4 Å². The SMILES string of the molecule is Cc1nc2n(c(=O)c1CCN1CCC(c3noc4cc(F)ccc34)CC1)CCCC2OC(C)OC(C)Oc1cccc2[nH]cc(CCN(C)C)c12. The summed E-state index contributed by atoms with van der Waals surface area (Å²) in [5.74, 6) is 1.38. The maximum atomic E-state index is 13.8. The number of H-pyrrole nitrogens is 1. The summed E-state index contributed by atoms with van der Waals surface area (Å²) in [6, 6.07) is 10.6. The Morgan fingerprint density at radius 1 is 1.08 bits per heavy atom. The number of likely N-dealkylation sites (tertiary alicyclic amines) is 1. The van der Waals surface area contributed by atoms with E-state index in [2.05, 4.69) is 46.3 Å². The number of fused-ring (bicyclic) bond motifs is 3. The molecule has 3 unspecified atom stereocenters. The van der Waals surface area contributed by atoms with Crippen LogP contribution in [0.4, 0.5) is 4.39 Å². The molecule has 12 heteroatoms. The smallest absolute Gasteiger partial charge is 0.257 e. The van der Waals surface area contributed by atoms with Crippen LogP contribution < -0.4 is 10.3 Å². The molecule has 2 aliphatic heterocycles. The summed E-state index contributed by atoms with van der Waals surface area (Å²) in [6.07, 6.45) is 5.56. The second kappa shape index (κ2) is 15.2. The van der Waals surface area contributed by atoms with Gasteiger partial charge >= 0.3 is 0 Å². The van der Waals surface area contributed by atoms with Crippen molar-refractivity contribution < 1.29 is 23.1 Å². The number of nitrogens with one attached hydrogen (secondary N) is 1. The zero-order valence-corrected chi connectivity index (χ0v) is 30.3. The number of halogens is 1. The van der Waals surface area contributed by atoms with E-state index in [1.807, 2.05) is 32.9 Å². The van der Waals surface area contributed by atoms with Gasteiger partial charge in [0.05, 0.1) is 5.69 Å². The summed E-state index contributed by atoms with van der Waals surface area (Å²) < 4.78 is 39.7. The van der Waals surface area contributed by atoms with Crippen LogP contribution in [0.2, 0.25) is 0 Å². The van der Waals surface area contributed by atoms with E-state index < -0.39 is 12.6 Å². The molecule has 3 atom stereocenters. The van der Waals surface area contributed by atoms with Crippen molar-refractivity contribution in [1.29, 1.82) is 0 Å². The second-order valence-corrected chi connectivity index (χ2v) is 14.3. The highest BCUT2D eigenvalue weighted by atomic mass is 19.1. The first-order chi connectivity index (χ1) is 24.6. The average molecular weight is 701 g/mol. The van der Waals surface area contributed by atoms with E-state index in [-0.39, 0.29) is 23.4 Å². The molecule has 272 valence electrons. The minimum Gasteiger partial charge on any atom is -0.464 e. The van der Waals surface area contributed by atoms with Gasteiger partial charge in [-0.2, -0.15) is 0 Å². The Kier molecular flexibility index (Phi) is 10.6. The fourth-order valence-corrected chi connectivity index (χ4v) is 7.69. The largest absolute Gasteiger partial charge is 0.464 e. The van der Waals surface area contributed by atoms with Crippen molar-refractivity contribution in [1.82, 2.24) is 29.5 Å². The Hall–Kier alpha value is -4.10. The zero-order chi connectivity index (χ0) is 35.6. The first-order valence-electron chi connectivity index (χ1n) is 18.2. The molecule has 2 aromatic carbocycles. The molecule has 11 nitrogen and oxygen atoms in total. The van der Waals surface area contributed by atoms with Gasteiger partial charge in [-0.3, -0.25) is 9.36 Å². The Morgan fingerprint density at radius 3 is 2.71 bits per heavy atom. The molecule has 1 saturated heterocycles. The van der Waals surface area contributed by atoms with Crippen molar-refractivity contribution in [3.8, 4) is 5.75 Å². The highest BCUT2D eigenvalue weighted by molar-refractivity contribution is 5.89. The van der Waals surface area contributed by atoms with Gasteiger partial charge in [-0.05, 0) is 116 Å². The summed E-state index contributed by atoms with van der Waals surface area (Å²) in [6.45, 7) is 9.81. The van der Waals surface area contributed by atoms with Gasteiger partial charge in [-0.25, -0.2) is 9.37 Å². The molecule has 0 saturated carbocycles. The lowest BCUT2D eigenvalue weighted by molar-refractivity contribution is -0.226. The number of aromatic nitrogens is 4. The summed E-state index contributed by atoms with van der Waals surface area (Å²) in [5, 5.41) is 6.24. The number of ether oxygens (including phenoxy) is 3. The van der Waals surface area contributed by atoms with Crippen molar-refractivity contribution in [3.63, 3.8) is 0 Å². The third-order valence-electron chi connectivity index (χ3n) is 10.4. The highest BCUT2D eigenvalue weighted by Gasteiger charge is 2.29. The molecule has 0 radical (unpaired) electrons. The molecule has 1 fully saturated rings. The lowest BCUT2D eigenvalue weighted by Gasteiger charge is -2.32. The Balaban J connectivity index is 0.949. The fourth-order valence-electron chi connectivity index (χ4n) is 7.69. The first-order valence-corrected chi connectivity index (χ1v) is 18.2. The van der Waals surface area contributed by atoms with Crippen molar-refractivity contribution in [2.75, 3.05) is 40.3 Å². The van der Waals surface area contributed by atoms with E-state index in [1.165, 1.54) is 17.7 Å². The van der Waals surface area contributed by atoms with Crippen LogP contribution in [0.5, 0.6) is 5.75 Å². The van der Waals surface area contributed by atoms with Gasteiger partial charge < -0.3 is 33.5 Å². The molecule has 7 rings (SSSR count). The summed E-state index contributed by atoms with van der Waals surface area (Å²) in [7, 11) is 4.14. The van der Waals surface area contributed by atoms with Crippen LogP contribution in [0.25, 0.3) is 21.9 Å². The molecule has 0 aliphatic carbocycles. The van der Waals surface area contributed by atoms with Gasteiger partial charge in [0.15, 0.2) is 18.2 Å². The average Bonchev–Trinajstić information content (AvgIpc) is 3.72. The van der Waals surface area contributed by atoms with Gasteiger partial charge in [0.1, 0.15) is 23.5 Å². The topological polar surface area (TPSA) is 111 Å². The molecule has 0 bridgehead atoms. The number of benzene rings is 2. The molecule has 0 spiro atoms. The normalized spacial score (nSPS) is 18.5. The zero-order valence-electron chi connectivity index (χ0n) is 30.3. The van der Waals surface area contributed by atoms with Crippen molar-refractivity contribution in [3.05, 3.63) is 87.1 Å². The molecular weight excluding hydrogens is 651 g/mol. The molecule has 5 heterocycles. The summed E-state index contributed by atoms with van der Waals surface area (Å²) in [4.78, 5) is 26.7.